The van der Waals surface area contributed by atoms with Gasteiger partial charge in [0.2, 0.25) is 5.91 Å². The Bertz CT molecular complexity index is 643. The molecular weight excluding hydrogens is 282 g/mol. The topological polar surface area (TPSA) is 66.8 Å². The lowest BCUT2D eigenvalue weighted by molar-refractivity contribution is -0.157. The third-order valence-electron chi connectivity index (χ3n) is 5.60. The number of likely N-dealkylation sites (tertiary alicyclic amines) is 1. The zero-order valence-electron chi connectivity index (χ0n) is 12.3. The van der Waals surface area contributed by atoms with E-state index in [9.17, 15) is 14.7 Å². The lowest BCUT2D eigenvalue weighted by atomic mass is 9.74. The number of carbonyl (C=O) groups excluding carboxylic acids is 1. The van der Waals surface area contributed by atoms with Gasteiger partial charge in [-0.1, -0.05) is 24.3 Å². The molecule has 5 heteroatoms. The van der Waals surface area contributed by atoms with Gasteiger partial charge in [-0.15, -0.1) is 0 Å². The summed E-state index contributed by atoms with van der Waals surface area (Å²) in [6, 6.07) is 7.99. The zero-order valence-corrected chi connectivity index (χ0v) is 12.3. The van der Waals surface area contributed by atoms with Gasteiger partial charge >= 0.3 is 5.97 Å². The van der Waals surface area contributed by atoms with Gasteiger partial charge in [-0.05, 0) is 24.0 Å². The van der Waals surface area contributed by atoms with E-state index in [1.54, 1.807) is 4.90 Å². The first-order valence-electron chi connectivity index (χ1n) is 7.79. The molecule has 2 aliphatic heterocycles. The van der Waals surface area contributed by atoms with Crippen molar-refractivity contribution < 1.29 is 19.4 Å². The van der Waals surface area contributed by atoms with Crippen molar-refractivity contribution in [2.75, 3.05) is 26.3 Å². The predicted octanol–water partition coefficient (Wildman–Crippen LogP) is 1.28. The highest BCUT2D eigenvalue weighted by Gasteiger charge is 2.55. The number of nitrogens with zero attached hydrogens (tertiary/aromatic N) is 1. The first-order chi connectivity index (χ1) is 10.6. The summed E-state index contributed by atoms with van der Waals surface area (Å²) in [4.78, 5) is 26.3. The van der Waals surface area contributed by atoms with Gasteiger partial charge in [0.25, 0.3) is 0 Å². The largest absolute Gasteiger partial charge is 0.481 e. The van der Waals surface area contributed by atoms with Crippen molar-refractivity contribution in [2.45, 2.75) is 18.8 Å². The molecule has 3 atom stereocenters. The molecule has 1 amide bonds. The smallest absolute Gasteiger partial charge is 0.311 e. The number of hydrogen-bond acceptors (Lipinski definition) is 3. The summed E-state index contributed by atoms with van der Waals surface area (Å²) in [5, 5.41) is 9.67. The number of hydrogen-bond donors (Lipinski definition) is 1. The summed E-state index contributed by atoms with van der Waals surface area (Å²) in [5.41, 5.74) is 1.52. The van der Waals surface area contributed by atoms with E-state index in [0.29, 0.717) is 32.7 Å². The molecule has 1 unspecified atom stereocenters. The van der Waals surface area contributed by atoms with Crippen molar-refractivity contribution >= 4 is 11.9 Å². The monoisotopic (exact) mass is 301 g/mol. The average Bonchev–Trinajstić information content (AvgIpc) is 2.89. The predicted molar refractivity (Wildman–Crippen MR) is 78.5 cm³/mol. The van der Waals surface area contributed by atoms with Crippen LogP contribution in [0.1, 0.15) is 23.5 Å². The standard InChI is InChI=1S/C17H19NO4/c19-15(14-7-11-3-1-2-4-13(11)14)18-8-12-9-22-6-5-17(12,10-18)16(20)21/h1-4,12,14H,5-10H2,(H,20,21)/t12-,14?,17+/m0/s1. The van der Waals surface area contributed by atoms with Crippen LogP contribution in [0, 0.1) is 11.3 Å². The van der Waals surface area contributed by atoms with Crippen LogP contribution in [-0.2, 0) is 20.7 Å². The number of carboxylic acids is 1. The Balaban J connectivity index is 1.55. The van der Waals surface area contributed by atoms with Crippen LogP contribution in [0.4, 0.5) is 0 Å². The second-order valence-electron chi connectivity index (χ2n) is 6.66. The third kappa shape index (κ3) is 1.81. The summed E-state index contributed by atoms with van der Waals surface area (Å²) >= 11 is 0. The quantitative estimate of drug-likeness (QED) is 0.893. The van der Waals surface area contributed by atoms with E-state index in [-0.39, 0.29) is 17.7 Å². The van der Waals surface area contributed by atoms with Gasteiger partial charge in [-0.25, -0.2) is 0 Å². The maximum absolute atomic E-state index is 12.8. The zero-order chi connectivity index (χ0) is 15.3. The van der Waals surface area contributed by atoms with Crippen LogP contribution < -0.4 is 0 Å². The molecule has 4 rings (SSSR count). The minimum absolute atomic E-state index is 0.0775. The molecular formula is C17H19NO4. The molecule has 116 valence electrons. The highest BCUT2D eigenvalue weighted by Crippen LogP contribution is 2.45. The Hall–Kier alpha value is -1.88. The second kappa shape index (κ2) is 4.81. The van der Waals surface area contributed by atoms with Crippen molar-refractivity contribution in [3.8, 4) is 0 Å². The Morgan fingerprint density at radius 3 is 2.86 bits per heavy atom. The van der Waals surface area contributed by atoms with Gasteiger partial charge in [0.05, 0.1) is 17.9 Å². The Morgan fingerprint density at radius 2 is 2.14 bits per heavy atom. The SMILES string of the molecule is O=C(C1Cc2ccccc21)N1C[C@H]2COCC[C@@]2(C(=O)O)C1. The number of rotatable bonds is 2. The lowest BCUT2D eigenvalue weighted by Gasteiger charge is -2.34. The molecule has 1 aromatic rings. The first kappa shape index (κ1) is 13.8. The van der Waals surface area contributed by atoms with Crippen LogP contribution in [0.2, 0.25) is 0 Å². The fourth-order valence-corrected chi connectivity index (χ4v) is 4.17. The van der Waals surface area contributed by atoms with E-state index >= 15 is 0 Å². The summed E-state index contributed by atoms with van der Waals surface area (Å²) in [7, 11) is 0. The summed E-state index contributed by atoms with van der Waals surface area (Å²) in [6.07, 6.45) is 1.27. The van der Waals surface area contributed by atoms with Gasteiger partial charge in [-0.2, -0.15) is 0 Å². The second-order valence-corrected chi connectivity index (χ2v) is 6.66. The van der Waals surface area contributed by atoms with E-state index < -0.39 is 11.4 Å². The minimum Gasteiger partial charge on any atom is -0.481 e. The number of amides is 1. The van der Waals surface area contributed by atoms with Gasteiger partial charge in [0.15, 0.2) is 0 Å². The van der Waals surface area contributed by atoms with E-state index in [1.807, 2.05) is 18.2 Å². The first-order valence-corrected chi connectivity index (χ1v) is 7.79. The number of carbonyl (C=O) groups is 2. The van der Waals surface area contributed by atoms with E-state index in [2.05, 4.69) is 6.07 Å². The number of benzene rings is 1. The summed E-state index contributed by atoms with van der Waals surface area (Å²) in [5.74, 6) is -0.889. The molecule has 5 nitrogen and oxygen atoms in total. The molecule has 22 heavy (non-hydrogen) atoms. The Kier molecular flexibility index (Phi) is 3.01. The van der Waals surface area contributed by atoms with Crippen LogP contribution >= 0.6 is 0 Å². The molecule has 1 N–H and O–H groups in total. The average molecular weight is 301 g/mol. The molecule has 1 aromatic carbocycles. The minimum atomic E-state index is -0.808. The number of fused-ring (bicyclic) bond motifs is 2. The molecule has 1 aliphatic carbocycles. The third-order valence-corrected chi connectivity index (χ3v) is 5.60. The summed E-state index contributed by atoms with van der Waals surface area (Å²) < 4.78 is 5.44. The molecule has 0 aromatic heterocycles. The molecule has 0 saturated carbocycles. The van der Waals surface area contributed by atoms with Crippen LogP contribution in [0.15, 0.2) is 24.3 Å². The van der Waals surface area contributed by atoms with Gasteiger partial charge in [0, 0.05) is 25.6 Å². The van der Waals surface area contributed by atoms with Crippen molar-refractivity contribution in [1.82, 2.24) is 4.90 Å². The number of ether oxygens (including phenoxy) is 1. The highest BCUT2D eigenvalue weighted by molar-refractivity contribution is 5.88. The van der Waals surface area contributed by atoms with Gasteiger partial charge in [-0.3, -0.25) is 9.59 Å². The fourth-order valence-electron chi connectivity index (χ4n) is 4.17. The van der Waals surface area contributed by atoms with Crippen LogP contribution in [0.5, 0.6) is 0 Å². The van der Waals surface area contributed by atoms with Gasteiger partial charge in [0.1, 0.15) is 0 Å². The molecule has 0 spiro atoms. The maximum atomic E-state index is 12.8. The van der Waals surface area contributed by atoms with Crippen LogP contribution in [0.25, 0.3) is 0 Å². The van der Waals surface area contributed by atoms with Gasteiger partial charge < -0.3 is 14.7 Å². The van der Waals surface area contributed by atoms with Crippen molar-refractivity contribution in [1.29, 1.82) is 0 Å². The Labute approximate surface area is 128 Å². The normalized spacial score (nSPS) is 32.8. The van der Waals surface area contributed by atoms with Crippen molar-refractivity contribution in [3.05, 3.63) is 35.4 Å². The van der Waals surface area contributed by atoms with Crippen molar-refractivity contribution in [3.63, 3.8) is 0 Å². The van der Waals surface area contributed by atoms with Crippen LogP contribution in [-0.4, -0.2) is 48.2 Å². The highest BCUT2D eigenvalue weighted by atomic mass is 16.5. The maximum Gasteiger partial charge on any atom is 0.311 e. The molecule has 3 aliphatic rings. The Morgan fingerprint density at radius 1 is 1.32 bits per heavy atom. The fraction of sp³-hybridized carbons (Fsp3) is 0.529. The number of carboxylic acid groups (broad SMARTS) is 1. The number of aliphatic carboxylic acids is 1. The molecule has 2 heterocycles. The van der Waals surface area contributed by atoms with Crippen LogP contribution in [0.3, 0.4) is 0 Å². The molecule has 2 saturated heterocycles. The molecule has 0 bridgehead atoms. The van der Waals surface area contributed by atoms with E-state index in [0.717, 1.165) is 12.0 Å². The van der Waals surface area contributed by atoms with Crippen molar-refractivity contribution in [2.24, 2.45) is 11.3 Å². The lowest BCUT2D eigenvalue weighted by Crippen LogP contribution is -2.45. The molecule has 0 radical (unpaired) electrons. The molecule has 2 fully saturated rings. The van der Waals surface area contributed by atoms with E-state index in [1.165, 1.54) is 5.56 Å². The summed E-state index contributed by atoms with van der Waals surface area (Å²) in [6.45, 7) is 1.74. The van der Waals surface area contributed by atoms with E-state index in [4.69, 9.17) is 4.74 Å².